The Morgan fingerprint density at radius 2 is 0.963 bits per heavy atom. The third-order valence-corrected chi connectivity index (χ3v) is 10.9. The Hall–Kier alpha value is -6.02. The lowest BCUT2D eigenvalue weighted by Crippen LogP contribution is -2.23. The van der Waals surface area contributed by atoms with Crippen LogP contribution in [0.4, 0.5) is 0 Å². The van der Waals surface area contributed by atoms with Gasteiger partial charge in [0.25, 0.3) is 22.2 Å². The summed E-state index contributed by atoms with van der Waals surface area (Å²) in [6, 6.07) is 34.2. The number of rotatable bonds is 12. The highest BCUT2D eigenvalue weighted by Gasteiger charge is 2.28. The molecule has 1 unspecified atom stereocenters. The molecule has 1 atom stereocenters. The van der Waals surface area contributed by atoms with Crippen LogP contribution in [0.25, 0.3) is 27.2 Å². The largest absolute Gasteiger partial charge is 0.457 e. The second kappa shape index (κ2) is 14.1. The number of benzene rings is 5. The Morgan fingerprint density at radius 1 is 0.500 bits per heavy atom. The fraction of sp³-hybridized carbons (Fsp3) is 0.261. The van der Waals surface area contributed by atoms with E-state index in [4.69, 9.17) is 9.47 Å². The van der Waals surface area contributed by atoms with E-state index in [-0.39, 0.29) is 32.4 Å². The number of nitrogens with zero attached hydrogens (tertiary/aromatic N) is 2. The van der Waals surface area contributed by atoms with Gasteiger partial charge in [-0.1, -0.05) is 89.9 Å². The Morgan fingerprint density at radius 3 is 1.46 bits per heavy atom. The third-order valence-electron chi connectivity index (χ3n) is 10.9. The van der Waals surface area contributed by atoms with Crippen molar-refractivity contribution in [2.24, 2.45) is 7.05 Å². The highest BCUT2D eigenvalue weighted by atomic mass is 16.5. The number of aromatic nitrogens is 2. The third kappa shape index (κ3) is 6.46. The molecule has 0 N–H and O–H groups in total. The molecule has 7 aromatic rings. The van der Waals surface area contributed by atoms with Gasteiger partial charge in [0.15, 0.2) is 0 Å². The summed E-state index contributed by atoms with van der Waals surface area (Å²) >= 11 is 0. The minimum Gasteiger partial charge on any atom is -0.457 e. The summed E-state index contributed by atoms with van der Waals surface area (Å²) in [5.74, 6) is 2.66. The van der Waals surface area contributed by atoms with E-state index < -0.39 is 22.2 Å². The molecule has 0 bridgehead atoms. The van der Waals surface area contributed by atoms with Crippen LogP contribution in [0.5, 0.6) is 23.0 Å². The van der Waals surface area contributed by atoms with Gasteiger partial charge in [-0.2, -0.15) is 0 Å². The minimum atomic E-state index is -0.565. The molecule has 0 radical (unpaired) electrons. The molecule has 0 spiro atoms. The SMILES string of the molecule is CCCC(C)(C)c1cccc(Oc2ccc(C(C)(CCC)c3ccc(Oc4cccc(-n5c(=O)c6cc7c(=O)n(C)c(=O)c7cc6c5=O)c4)cc3)cc2)c1. The second-order valence-corrected chi connectivity index (χ2v) is 15.1. The van der Waals surface area contributed by atoms with Crippen LogP contribution in [0, 0.1) is 0 Å². The first kappa shape index (κ1) is 36.3. The molecule has 0 fully saturated rings. The standard InChI is InChI=1S/C46H44N2O6/c1-7-23-45(3,4)31-11-9-13-35(25-31)53-33-19-15-29(16-20-33)46(5,24-8-2)30-17-21-34(22-18-30)54-36-14-10-12-32(26-36)48-43(51)39-27-37-38(28-40(39)44(48)52)42(50)47(6)41(37)49/h9-22,25-28H,7-8,23-24H2,1-6H3. The number of hydrogen-bond donors (Lipinski definition) is 0. The maximum atomic E-state index is 13.5. The fourth-order valence-corrected chi connectivity index (χ4v) is 7.77. The maximum Gasteiger partial charge on any atom is 0.266 e. The average Bonchev–Trinajstić information content (AvgIpc) is 3.53. The Labute approximate surface area is 313 Å². The molecule has 2 aromatic heterocycles. The molecular formula is C46H44N2O6. The van der Waals surface area contributed by atoms with Crippen molar-refractivity contribution in [2.75, 3.05) is 0 Å². The minimum absolute atomic E-state index is 0.0826. The van der Waals surface area contributed by atoms with Crippen molar-refractivity contribution in [3.63, 3.8) is 0 Å². The Kier molecular flexibility index (Phi) is 9.48. The van der Waals surface area contributed by atoms with Crippen molar-refractivity contribution in [3.05, 3.63) is 167 Å². The smallest absolute Gasteiger partial charge is 0.266 e. The predicted octanol–water partition coefficient (Wildman–Crippen LogP) is 9.21. The number of hydrogen-bond acceptors (Lipinski definition) is 6. The first-order valence-corrected chi connectivity index (χ1v) is 18.5. The van der Waals surface area contributed by atoms with E-state index in [1.54, 1.807) is 24.3 Å². The van der Waals surface area contributed by atoms with Gasteiger partial charge in [0.2, 0.25) is 0 Å². The zero-order valence-electron chi connectivity index (χ0n) is 31.6. The maximum absolute atomic E-state index is 13.5. The highest BCUT2D eigenvalue weighted by molar-refractivity contribution is 5.98. The molecule has 0 aliphatic heterocycles. The van der Waals surface area contributed by atoms with Crippen molar-refractivity contribution >= 4 is 21.5 Å². The van der Waals surface area contributed by atoms with Gasteiger partial charge in [0, 0.05) is 18.5 Å². The molecule has 0 amide bonds. The Balaban J connectivity index is 1.11. The zero-order chi connectivity index (χ0) is 38.4. The number of ether oxygens (including phenoxy) is 2. The molecule has 2 heterocycles. The van der Waals surface area contributed by atoms with Gasteiger partial charge in [-0.3, -0.25) is 23.7 Å². The van der Waals surface area contributed by atoms with Gasteiger partial charge >= 0.3 is 0 Å². The lowest BCUT2D eigenvalue weighted by atomic mass is 9.73. The van der Waals surface area contributed by atoms with Crippen molar-refractivity contribution in [1.82, 2.24) is 9.13 Å². The van der Waals surface area contributed by atoms with Crippen molar-refractivity contribution < 1.29 is 9.47 Å². The molecule has 8 nitrogen and oxygen atoms in total. The van der Waals surface area contributed by atoms with Crippen LogP contribution < -0.4 is 31.7 Å². The lowest BCUT2D eigenvalue weighted by Gasteiger charge is -2.31. The first-order valence-electron chi connectivity index (χ1n) is 18.5. The van der Waals surface area contributed by atoms with Gasteiger partial charge in [0.1, 0.15) is 23.0 Å². The van der Waals surface area contributed by atoms with Crippen molar-refractivity contribution in [2.45, 2.75) is 71.1 Å². The van der Waals surface area contributed by atoms with Crippen molar-refractivity contribution in [1.29, 1.82) is 0 Å². The predicted molar refractivity (Wildman–Crippen MR) is 216 cm³/mol. The molecular weight excluding hydrogens is 677 g/mol. The summed E-state index contributed by atoms with van der Waals surface area (Å²) < 4.78 is 14.6. The molecule has 7 rings (SSSR count). The van der Waals surface area contributed by atoms with Crippen LogP contribution in [0.2, 0.25) is 0 Å². The van der Waals surface area contributed by atoms with Crippen LogP contribution in [-0.4, -0.2) is 9.13 Å². The van der Waals surface area contributed by atoms with E-state index in [1.807, 2.05) is 30.3 Å². The molecule has 54 heavy (non-hydrogen) atoms. The quantitative estimate of drug-likeness (QED) is 0.125. The summed E-state index contributed by atoms with van der Waals surface area (Å²) in [5.41, 5.74) is 1.61. The first-order chi connectivity index (χ1) is 25.8. The molecule has 0 saturated heterocycles. The Bertz CT molecular complexity index is 2630. The van der Waals surface area contributed by atoms with Crippen LogP contribution in [0.1, 0.15) is 77.0 Å². The molecule has 8 heteroatoms. The molecule has 0 aliphatic carbocycles. The van der Waals surface area contributed by atoms with E-state index in [0.29, 0.717) is 17.2 Å². The van der Waals surface area contributed by atoms with Crippen molar-refractivity contribution in [3.8, 4) is 28.7 Å². The van der Waals surface area contributed by atoms with Crippen LogP contribution in [-0.2, 0) is 17.9 Å². The molecule has 274 valence electrons. The topological polar surface area (TPSA) is 96.6 Å². The van der Waals surface area contributed by atoms with Crippen LogP contribution >= 0.6 is 0 Å². The van der Waals surface area contributed by atoms with Gasteiger partial charge in [-0.05, 0) is 95.6 Å². The van der Waals surface area contributed by atoms with E-state index in [9.17, 15) is 19.2 Å². The van der Waals surface area contributed by atoms with Gasteiger partial charge in [-0.25, -0.2) is 4.57 Å². The summed E-state index contributed by atoms with van der Waals surface area (Å²) in [6.07, 6.45) is 4.16. The van der Waals surface area contributed by atoms with Gasteiger partial charge < -0.3 is 9.47 Å². The van der Waals surface area contributed by atoms with Gasteiger partial charge in [0.05, 0.1) is 27.2 Å². The molecule has 5 aromatic carbocycles. The van der Waals surface area contributed by atoms with Crippen LogP contribution in [0.3, 0.4) is 0 Å². The molecule has 0 saturated carbocycles. The number of fused-ring (bicyclic) bond motifs is 2. The van der Waals surface area contributed by atoms with E-state index in [2.05, 4.69) is 77.1 Å². The summed E-state index contributed by atoms with van der Waals surface area (Å²) in [7, 11) is 1.37. The summed E-state index contributed by atoms with van der Waals surface area (Å²) in [5, 5.41) is 0.417. The van der Waals surface area contributed by atoms with Gasteiger partial charge in [-0.15, -0.1) is 0 Å². The fourth-order valence-electron chi connectivity index (χ4n) is 7.77. The zero-order valence-corrected chi connectivity index (χ0v) is 31.6. The monoisotopic (exact) mass is 720 g/mol. The average molecular weight is 721 g/mol. The highest BCUT2D eigenvalue weighted by Crippen LogP contribution is 2.39. The normalized spacial score (nSPS) is 13.0. The van der Waals surface area contributed by atoms with Crippen LogP contribution in [0.15, 0.2) is 128 Å². The lowest BCUT2D eigenvalue weighted by molar-refractivity contribution is 0.457. The van der Waals surface area contributed by atoms with E-state index in [0.717, 1.165) is 51.9 Å². The second-order valence-electron chi connectivity index (χ2n) is 15.1. The van der Waals surface area contributed by atoms with E-state index >= 15 is 0 Å². The molecule has 0 aliphatic rings. The summed E-state index contributed by atoms with van der Waals surface area (Å²) in [6.45, 7) is 11.2. The van der Waals surface area contributed by atoms with E-state index in [1.165, 1.54) is 30.3 Å². The summed E-state index contributed by atoms with van der Waals surface area (Å²) in [4.78, 5) is 52.0.